The zero-order valence-electron chi connectivity index (χ0n) is 12.4. The molecule has 2 aliphatic heterocycles. The molecule has 0 radical (unpaired) electrons. The molecule has 0 saturated carbocycles. The first-order chi connectivity index (χ1) is 10.6. The van der Waals surface area contributed by atoms with Gasteiger partial charge in [-0.05, 0) is 30.7 Å². The maximum Gasteiger partial charge on any atom is 0.132 e. The van der Waals surface area contributed by atoms with Gasteiger partial charge in [0.05, 0.1) is 18.9 Å². The van der Waals surface area contributed by atoms with Crippen molar-refractivity contribution in [3.8, 4) is 0 Å². The SMILES string of the molecule is CC1=NN=C(N2CCOCC2)C/C1=C\c1c(Cl)cccc1Cl. The van der Waals surface area contributed by atoms with Crippen LogP contribution >= 0.6 is 23.2 Å². The van der Waals surface area contributed by atoms with Gasteiger partial charge in [0.15, 0.2) is 0 Å². The molecule has 2 heterocycles. The number of benzene rings is 1. The number of morpholine rings is 1. The third-order valence-electron chi connectivity index (χ3n) is 3.82. The lowest BCUT2D eigenvalue weighted by Gasteiger charge is -2.30. The fraction of sp³-hybridized carbons (Fsp3) is 0.375. The van der Waals surface area contributed by atoms with Gasteiger partial charge in [-0.15, -0.1) is 5.10 Å². The average molecular weight is 338 g/mol. The van der Waals surface area contributed by atoms with E-state index in [-0.39, 0.29) is 0 Å². The lowest BCUT2D eigenvalue weighted by molar-refractivity contribution is 0.0673. The highest BCUT2D eigenvalue weighted by molar-refractivity contribution is 6.37. The van der Waals surface area contributed by atoms with E-state index in [9.17, 15) is 0 Å². The minimum absolute atomic E-state index is 0.642. The minimum Gasteiger partial charge on any atom is -0.378 e. The van der Waals surface area contributed by atoms with E-state index in [4.69, 9.17) is 27.9 Å². The smallest absolute Gasteiger partial charge is 0.132 e. The van der Waals surface area contributed by atoms with Crippen LogP contribution in [0.5, 0.6) is 0 Å². The number of hydrogen-bond acceptors (Lipinski definition) is 4. The second kappa shape index (κ2) is 6.82. The average Bonchev–Trinajstić information content (AvgIpc) is 2.53. The van der Waals surface area contributed by atoms with Crippen molar-refractivity contribution in [2.45, 2.75) is 13.3 Å². The summed E-state index contributed by atoms with van der Waals surface area (Å²) in [5, 5.41) is 9.91. The molecule has 4 nitrogen and oxygen atoms in total. The molecule has 1 saturated heterocycles. The van der Waals surface area contributed by atoms with Crippen molar-refractivity contribution in [2.75, 3.05) is 26.3 Å². The van der Waals surface area contributed by atoms with Crippen molar-refractivity contribution in [1.29, 1.82) is 0 Å². The molecule has 2 aliphatic rings. The van der Waals surface area contributed by atoms with Crippen LogP contribution in [0.25, 0.3) is 6.08 Å². The fourth-order valence-electron chi connectivity index (χ4n) is 2.51. The van der Waals surface area contributed by atoms with E-state index in [1.165, 1.54) is 0 Å². The molecule has 0 unspecified atom stereocenters. The van der Waals surface area contributed by atoms with Gasteiger partial charge in [-0.25, -0.2) is 0 Å². The van der Waals surface area contributed by atoms with Gasteiger partial charge >= 0.3 is 0 Å². The third-order valence-corrected chi connectivity index (χ3v) is 4.48. The Morgan fingerprint density at radius 1 is 1.14 bits per heavy atom. The van der Waals surface area contributed by atoms with Gasteiger partial charge in [0.2, 0.25) is 0 Å². The largest absolute Gasteiger partial charge is 0.378 e. The van der Waals surface area contributed by atoms with E-state index >= 15 is 0 Å². The van der Waals surface area contributed by atoms with Crippen molar-refractivity contribution >= 4 is 40.8 Å². The molecule has 1 aromatic rings. The van der Waals surface area contributed by atoms with E-state index in [1.807, 2.05) is 31.2 Å². The van der Waals surface area contributed by atoms with E-state index in [1.54, 1.807) is 0 Å². The van der Waals surface area contributed by atoms with Gasteiger partial charge in [-0.3, -0.25) is 0 Å². The zero-order valence-corrected chi connectivity index (χ0v) is 13.9. The molecule has 0 aromatic heterocycles. The molecule has 0 N–H and O–H groups in total. The number of nitrogens with zero attached hydrogens (tertiary/aromatic N) is 3. The Labute approximate surface area is 140 Å². The molecular weight excluding hydrogens is 321 g/mol. The molecule has 3 rings (SSSR count). The van der Waals surface area contributed by atoms with Crippen LogP contribution in [0, 0.1) is 0 Å². The quantitative estimate of drug-likeness (QED) is 0.779. The fourth-order valence-corrected chi connectivity index (χ4v) is 3.01. The van der Waals surface area contributed by atoms with Crippen LogP contribution in [-0.2, 0) is 4.74 Å². The number of amidine groups is 1. The van der Waals surface area contributed by atoms with Crippen LogP contribution in [0.4, 0.5) is 0 Å². The summed E-state index contributed by atoms with van der Waals surface area (Å²) in [5.74, 6) is 0.975. The molecule has 0 amide bonds. The first-order valence-corrected chi connectivity index (χ1v) is 7.99. The van der Waals surface area contributed by atoms with Gasteiger partial charge in [-0.2, -0.15) is 5.10 Å². The standard InChI is InChI=1S/C16H17Cl2N3O/c1-11-12(9-13-14(17)3-2-4-15(13)18)10-16(20-19-11)21-5-7-22-8-6-21/h2-4,9H,5-8,10H2,1H3/b12-9+. The first-order valence-electron chi connectivity index (χ1n) is 7.24. The highest BCUT2D eigenvalue weighted by Crippen LogP contribution is 2.28. The zero-order chi connectivity index (χ0) is 15.5. The molecule has 0 spiro atoms. The number of halogens is 2. The second-order valence-corrected chi connectivity index (χ2v) is 6.10. The number of hydrogen-bond donors (Lipinski definition) is 0. The van der Waals surface area contributed by atoms with Crippen molar-refractivity contribution in [3.63, 3.8) is 0 Å². The van der Waals surface area contributed by atoms with Gasteiger partial charge < -0.3 is 9.64 Å². The van der Waals surface area contributed by atoms with Crippen LogP contribution in [0.2, 0.25) is 10.0 Å². The summed E-state index contributed by atoms with van der Waals surface area (Å²) < 4.78 is 5.38. The lowest BCUT2D eigenvalue weighted by Crippen LogP contribution is -2.41. The van der Waals surface area contributed by atoms with Crippen molar-refractivity contribution < 1.29 is 4.74 Å². The molecule has 6 heteroatoms. The van der Waals surface area contributed by atoms with Crippen molar-refractivity contribution in [3.05, 3.63) is 39.4 Å². The van der Waals surface area contributed by atoms with Gasteiger partial charge in [-0.1, -0.05) is 29.3 Å². The van der Waals surface area contributed by atoms with Gasteiger partial charge in [0, 0.05) is 35.1 Å². The highest BCUT2D eigenvalue weighted by atomic mass is 35.5. The monoisotopic (exact) mass is 337 g/mol. The molecule has 116 valence electrons. The number of rotatable bonds is 1. The molecule has 0 atom stereocenters. The molecular formula is C16H17Cl2N3O. The molecule has 22 heavy (non-hydrogen) atoms. The van der Waals surface area contributed by atoms with Gasteiger partial charge in [0.25, 0.3) is 0 Å². The van der Waals surface area contributed by atoms with Crippen LogP contribution in [0.15, 0.2) is 34.0 Å². The predicted octanol–water partition coefficient (Wildman–Crippen LogP) is 3.89. The summed E-state index contributed by atoms with van der Waals surface area (Å²) in [6.45, 7) is 5.13. The Kier molecular flexibility index (Phi) is 4.81. The van der Waals surface area contributed by atoms with Crippen LogP contribution in [0.3, 0.4) is 0 Å². The van der Waals surface area contributed by atoms with Gasteiger partial charge in [0.1, 0.15) is 5.84 Å². The van der Waals surface area contributed by atoms with Crippen LogP contribution in [-0.4, -0.2) is 42.8 Å². The molecule has 0 aliphatic carbocycles. The van der Waals surface area contributed by atoms with E-state index < -0.39 is 0 Å². The van der Waals surface area contributed by atoms with E-state index in [0.29, 0.717) is 10.0 Å². The predicted molar refractivity (Wildman–Crippen MR) is 92.0 cm³/mol. The molecule has 0 bridgehead atoms. The summed E-state index contributed by atoms with van der Waals surface area (Å²) in [5.41, 5.74) is 2.82. The summed E-state index contributed by atoms with van der Waals surface area (Å²) in [6.07, 6.45) is 2.75. The normalized spacial score (nSPS) is 20.9. The Morgan fingerprint density at radius 2 is 1.82 bits per heavy atom. The molecule has 1 fully saturated rings. The summed E-state index contributed by atoms with van der Waals surface area (Å²) in [4.78, 5) is 2.22. The maximum atomic E-state index is 6.26. The summed E-state index contributed by atoms with van der Waals surface area (Å²) in [6, 6.07) is 5.52. The highest BCUT2D eigenvalue weighted by Gasteiger charge is 2.20. The summed E-state index contributed by atoms with van der Waals surface area (Å²) in [7, 11) is 0. The van der Waals surface area contributed by atoms with Crippen LogP contribution in [0.1, 0.15) is 18.9 Å². The maximum absolute atomic E-state index is 6.26. The Morgan fingerprint density at radius 3 is 2.50 bits per heavy atom. The third kappa shape index (κ3) is 3.35. The second-order valence-electron chi connectivity index (χ2n) is 5.28. The minimum atomic E-state index is 0.642. The van der Waals surface area contributed by atoms with E-state index in [2.05, 4.69) is 15.1 Å². The van der Waals surface area contributed by atoms with Crippen molar-refractivity contribution in [2.24, 2.45) is 10.2 Å². The number of ether oxygens (including phenoxy) is 1. The van der Waals surface area contributed by atoms with E-state index in [0.717, 1.165) is 55.4 Å². The van der Waals surface area contributed by atoms with Crippen LogP contribution < -0.4 is 0 Å². The first kappa shape index (κ1) is 15.5. The molecule has 1 aromatic carbocycles. The topological polar surface area (TPSA) is 37.2 Å². The summed E-state index contributed by atoms with van der Waals surface area (Å²) >= 11 is 12.5. The Balaban J connectivity index is 1.87. The Hall–Kier alpha value is -1.36. The lowest BCUT2D eigenvalue weighted by atomic mass is 10.0. The van der Waals surface area contributed by atoms with Crippen molar-refractivity contribution in [1.82, 2.24) is 4.90 Å². The Bertz CT molecular complexity index is 641.